The highest BCUT2D eigenvalue weighted by Gasteiger charge is 1.95. The molecule has 0 aromatic carbocycles. The number of rotatable bonds is 6. The number of hydrogen-bond donors (Lipinski definition) is 2. The van der Waals surface area contributed by atoms with E-state index in [1.54, 1.807) is 0 Å². The van der Waals surface area contributed by atoms with Crippen molar-refractivity contribution in [2.75, 3.05) is 18.1 Å². The molecule has 0 atom stereocenters. The second-order valence-corrected chi connectivity index (χ2v) is 3.32. The van der Waals surface area contributed by atoms with Crippen LogP contribution in [0.25, 0.3) is 0 Å². The first-order valence-electron chi connectivity index (χ1n) is 3.87. The summed E-state index contributed by atoms with van der Waals surface area (Å²) in [5.41, 5.74) is 0. The molecule has 0 heterocycles. The Morgan fingerprint density at radius 3 is 2.79 bits per heavy atom. The average Bonchev–Trinajstić information content (AvgIpc) is 2.14. The molecule has 5 heteroatoms. The summed E-state index contributed by atoms with van der Waals surface area (Å²) in [7, 11) is 0. The van der Waals surface area contributed by atoms with Gasteiger partial charge in [0.15, 0.2) is 0 Å². The van der Waals surface area contributed by atoms with Gasteiger partial charge in [0.25, 0.3) is 0 Å². The Morgan fingerprint density at radius 1 is 1.50 bits per heavy atom. The minimum Gasteiger partial charge on any atom is -0.478 e. The van der Waals surface area contributed by atoms with Crippen LogP contribution in [0.1, 0.15) is 0 Å². The number of nitrogens with one attached hydrogen (secondary N) is 1. The first-order valence-corrected chi connectivity index (χ1v) is 5.02. The Bertz CT molecular complexity index is 268. The molecule has 0 aliphatic carbocycles. The highest BCUT2D eigenvalue weighted by Crippen LogP contribution is 1.94. The van der Waals surface area contributed by atoms with Crippen LogP contribution >= 0.6 is 11.8 Å². The first kappa shape index (κ1) is 12.6. The van der Waals surface area contributed by atoms with Crippen LogP contribution in [0.2, 0.25) is 0 Å². The molecule has 4 nitrogen and oxygen atoms in total. The zero-order valence-corrected chi connectivity index (χ0v) is 8.34. The number of terminal acetylenes is 1. The zero-order valence-electron chi connectivity index (χ0n) is 7.53. The van der Waals surface area contributed by atoms with Crippen molar-refractivity contribution in [2.45, 2.75) is 0 Å². The summed E-state index contributed by atoms with van der Waals surface area (Å²) in [5.74, 6) is 2.24. The second-order valence-electron chi connectivity index (χ2n) is 2.22. The monoisotopic (exact) mass is 213 g/mol. The Kier molecular flexibility index (Phi) is 7.37. The number of thioether (sulfide) groups is 1. The van der Waals surface area contributed by atoms with E-state index in [0.717, 1.165) is 17.9 Å². The molecule has 76 valence electrons. The number of hydrogen-bond acceptors (Lipinski definition) is 3. The second kappa shape index (κ2) is 8.20. The van der Waals surface area contributed by atoms with Crippen LogP contribution in [0.15, 0.2) is 12.2 Å². The molecule has 0 aliphatic heterocycles. The van der Waals surface area contributed by atoms with Gasteiger partial charge in [-0.05, 0) is 0 Å². The molecule has 0 aromatic heterocycles. The van der Waals surface area contributed by atoms with Crippen LogP contribution in [0.3, 0.4) is 0 Å². The molecule has 14 heavy (non-hydrogen) atoms. The molecular formula is C9H11NO3S. The molecule has 1 amide bonds. The summed E-state index contributed by atoms with van der Waals surface area (Å²) in [6.07, 6.45) is 6.79. The van der Waals surface area contributed by atoms with E-state index in [2.05, 4.69) is 11.2 Å². The Morgan fingerprint density at radius 2 is 2.21 bits per heavy atom. The van der Waals surface area contributed by atoms with Gasteiger partial charge < -0.3 is 10.4 Å². The number of carbonyl (C=O) groups is 2. The maximum Gasteiger partial charge on any atom is 0.328 e. The van der Waals surface area contributed by atoms with Gasteiger partial charge in [-0.15, -0.1) is 18.2 Å². The average molecular weight is 213 g/mol. The molecule has 0 saturated carbocycles. The lowest BCUT2D eigenvalue weighted by Gasteiger charge is -1.99. The molecule has 0 aliphatic rings. The standard InChI is InChI=1S/C9H11NO3S/c1-2-6-14-7-5-10-8(11)3-4-9(12)13/h1,3-4H,5-7H2,(H,10,11)(H,12,13)/b4-3+. The maximum atomic E-state index is 10.9. The number of carboxylic acids is 1. The van der Waals surface area contributed by atoms with Gasteiger partial charge in [-0.25, -0.2) is 4.79 Å². The van der Waals surface area contributed by atoms with Crippen molar-refractivity contribution >= 4 is 23.6 Å². The van der Waals surface area contributed by atoms with E-state index < -0.39 is 11.9 Å². The minimum atomic E-state index is -1.14. The van der Waals surface area contributed by atoms with Crippen LogP contribution in [0, 0.1) is 12.3 Å². The lowest BCUT2D eigenvalue weighted by molar-refractivity contribution is -0.131. The van der Waals surface area contributed by atoms with Crippen LogP contribution in [0.5, 0.6) is 0 Å². The van der Waals surface area contributed by atoms with Crippen LogP contribution < -0.4 is 5.32 Å². The smallest absolute Gasteiger partial charge is 0.328 e. The van der Waals surface area contributed by atoms with Crippen molar-refractivity contribution in [1.29, 1.82) is 0 Å². The highest BCUT2D eigenvalue weighted by atomic mass is 32.2. The highest BCUT2D eigenvalue weighted by molar-refractivity contribution is 7.99. The van der Waals surface area contributed by atoms with Crippen molar-refractivity contribution in [3.63, 3.8) is 0 Å². The Labute approximate surface area is 86.8 Å². The predicted octanol–water partition coefficient (Wildman–Crippen LogP) is 0.110. The quantitative estimate of drug-likeness (QED) is 0.373. The zero-order chi connectivity index (χ0) is 10.8. The van der Waals surface area contributed by atoms with Crippen molar-refractivity contribution < 1.29 is 14.7 Å². The fourth-order valence-electron chi connectivity index (χ4n) is 0.583. The van der Waals surface area contributed by atoms with E-state index >= 15 is 0 Å². The summed E-state index contributed by atoms with van der Waals surface area (Å²) >= 11 is 1.53. The van der Waals surface area contributed by atoms with Gasteiger partial charge >= 0.3 is 5.97 Å². The summed E-state index contributed by atoms with van der Waals surface area (Å²) in [5, 5.41) is 10.7. The fourth-order valence-corrected chi connectivity index (χ4v) is 1.09. The Balaban J connectivity index is 3.46. The third-order valence-corrected chi connectivity index (χ3v) is 1.97. The summed E-state index contributed by atoms with van der Waals surface area (Å²) in [6.45, 7) is 0.481. The lowest BCUT2D eigenvalue weighted by atomic mass is 10.4. The normalized spacial score (nSPS) is 9.64. The van der Waals surface area contributed by atoms with E-state index in [1.807, 2.05) is 0 Å². The summed E-state index contributed by atoms with van der Waals surface area (Å²) in [6, 6.07) is 0. The maximum absolute atomic E-state index is 10.9. The molecule has 0 radical (unpaired) electrons. The van der Waals surface area contributed by atoms with Gasteiger partial charge in [-0.3, -0.25) is 4.79 Å². The molecule has 0 aromatic rings. The van der Waals surface area contributed by atoms with Gasteiger partial charge in [0, 0.05) is 24.4 Å². The van der Waals surface area contributed by atoms with E-state index in [1.165, 1.54) is 11.8 Å². The van der Waals surface area contributed by atoms with Crippen LogP contribution in [-0.2, 0) is 9.59 Å². The van der Waals surface area contributed by atoms with Gasteiger partial charge in [0.2, 0.25) is 5.91 Å². The summed E-state index contributed by atoms with van der Waals surface area (Å²) < 4.78 is 0. The molecule has 0 rings (SSSR count). The fraction of sp³-hybridized carbons (Fsp3) is 0.333. The lowest BCUT2D eigenvalue weighted by Crippen LogP contribution is -2.23. The van der Waals surface area contributed by atoms with Crippen molar-refractivity contribution in [3.8, 4) is 12.3 Å². The van der Waals surface area contributed by atoms with Crippen molar-refractivity contribution in [1.82, 2.24) is 5.32 Å². The number of amides is 1. The SMILES string of the molecule is C#CCSCCNC(=O)/C=C/C(=O)O. The number of aliphatic carboxylic acids is 1. The molecule has 0 bridgehead atoms. The first-order chi connectivity index (χ1) is 6.66. The summed E-state index contributed by atoms with van der Waals surface area (Å²) in [4.78, 5) is 20.9. The van der Waals surface area contributed by atoms with E-state index in [4.69, 9.17) is 11.5 Å². The largest absolute Gasteiger partial charge is 0.478 e. The predicted molar refractivity (Wildman–Crippen MR) is 55.9 cm³/mol. The van der Waals surface area contributed by atoms with E-state index in [0.29, 0.717) is 12.3 Å². The third-order valence-electron chi connectivity index (χ3n) is 1.11. The van der Waals surface area contributed by atoms with Gasteiger partial charge in [0.1, 0.15) is 0 Å². The van der Waals surface area contributed by atoms with Crippen LogP contribution in [0.4, 0.5) is 0 Å². The van der Waals surface area contributed by atoms with Crippen molar-refractivity contribution in [3.05, 3.63) is 12.2 Å². The minimum absolute atomic E-state index is 0.409. The van der Waals surface area contributed by atoms with Crippen LogP contribution in [-0.4, -0.2) is 35.0 Å². The van der Waals surface area contributed by atoms with Gasteiger partial charge in [-0.1, -0.05) is 5.92 Å². The van der Waals surface area contributed by atoms with E-state index in [-0.39, 0.29) is 0 Å². The van der Waals surface area contributed by atoms with Crippen molar-refractivity contribution in [2.24, 2.45) is 0 Å². The number of carbonyl (C=O) groups excluding carboxylic acids is 1. The molecular weight excluding hydrogens is 202 g/mol. The third kappa shape index (κ3) is 8.68. The topological polar surface area (TPSA) is 66.4 Å². The van der Waals surface area contributed by atoms with Gasteiger partial charge in [0.05, 0.1) is 5.75 Å². The molecule has 0 fully saturated rings. The molecule has 0 saturated heterocycles. The molecule has 2 N–H and O–H groups in total. The molecule has 0 spiro atoms. The molecule has 0 unspecified atom stereocenters. The van der Waals surface area contributed by atoms with Gasteiger partial charge in [-0.2, -0.15) is 0 Å². The number of carboxylic acid groups (broad SMARTS) is 1. The Hall–Kier alpha value is -1.41. The van der Waals surface area contributed by atoms with E-state index in [9.17, 15) is 9.59 Å².